The van der Waals surface area contributed by atoms with Crippen molar-refractivity contribution in [3.05, 3.63) is 59.2 Å². The van der Waals surface area contributed by atoms with E-state index in [2.05, 4.69) is 11.0 Å². The Morgan fingerprint density at radius 3 is 2.37 bits per heavy atom. The molecule has 27 heavy (non-hydrogen) atoms. The van der Waals surface area contributed by atoms with Crippen LogP contribution in [0, 0.1) is 6.92 Å². The van der Waals surface area contributed by atoms with Crippen LogP contribution >= 0.6 is 0 Å². The van der Waals surface area contributed by atoms with Crippen molar-refractivity contribution in [2.24, 2.45) is 0 Å². The van der Waals surface area contributed by atoms with Gasteiger partial charge in [0.1, 0.15) is 0 Å². The van der Waals surface area contributed by atoms with Crippen LogP contribution in [0.3, 0.4) is 0 Å². The number of anilines is 1. The fraction of sp³-hybridized carbons (Fsp3) is 0.350. The van der Waals surface area contributed by atoms with Crippen LogP contribution in [0.25, 0.3) is 0 Å². The van der Waals surface area contributed by atoms with E-state index in [1.165, 1.54) is 4.35 Å². The maximum absolute atomic E-state index is 12.7. The molecule has 0 aliphatic rings. The van der Waals surface area contributed by atoms with Gasteiger partial charge in [-0.1, -0.05) is 0 Å². The van der Waals surface area contributed by atoms with Crippen molar-refractivity contribution in [1.29, 1.82) is 0 Å². The molecule has 0 fully saturated rings. The molecule has 0 aliphatic heterocycles. The molecule has 0 saturated carbocycles. The Labute approximate surface area is 162 Å². The minimum atomic E-state index is -4.31. The Morgan fingerprint density at radius 1 is 1.15 bits per heavy atom. The van der Waals surface area contributed by atoms with E-state index in [1.807, 2.05) is 32.0 Å². The van der Waals surface area contributed by atoms with Crippen molar-refractivity contribution in [2.75, 3.05) is 11.9 Å². The summed E-state index contributed by atoms with van der Waals surface area (Å²) in [7, 11) is 0. The Kier molecular flexibility index (Phi) is 7.37. The monoisotopic (exact) mass is 441 g/mol. The predicted molar refractivity (Wildman–Crippen MR) is 103 cm³/mol. The number of halogens is 3. The Balaban J connectivity index is 2.03. The molecule has 1 atom stereocenters. The number of hydrogen-bond acceptors (Lipinski definition) is 2. The van der Waals surface area contributed by atoms with Crippen LogP contribution in [0.2, 0.25) is 5.71 Å². The maximum atomic E-state index is 12.7. The number of rotatable bonds is 6. The van der Waals surface area contributed by atoms with Gasteiger partial charge in [0.15, 0.2) is 0 Å². The van der Waals surface area contributed by atoms with Crippen LogP contribution in [-0.2, 0) is 16.1 Å². The summed E-state index contributed by atoms with van der Waals surface area (Å²) in [6.45, 7) is 4.22. The second-order valence-electron chi connectivity index (χ2n) is 6.31. The van der Waals surface area contributed by atoms with Crippen molar-refractivity contribution < 1.29 is 22.7 Å². The first-order valence-electron chi connectivity index (χ1n) is 8.62. The molecule has 3 nitrogen and oxygen atoms in total. The molecule has 2 aromatic carbocycles. The number of amides is 1. The van der Waals surface area contributed by atoms with Gasteiger partial charge in [-0.2, -0.15) is 0 Å². The van der Waals surface area contributed by atoms with E-state index in [0.29, 0.717) is 12.3 Å². The predicted octanol–water partition coefficient (Wildman–Crippen LogP) is 5.09. The second kappa shape index (κ2) is 9.31. The molecule has 0 saturated heterocycles. The molecular formula is C20H23AsF3NO2. The van der Waals surface area contributed by atoms with E-state index >= 15 is 0 Å². The van der Waals surface area contributed by atoms with Gasteiger partial charge >= 0.3 is 162 Å². The van der Waals surface area contributed by atoms with E-state index in [0.717, 1.165) is 34.9 Å². The molecule has 2 aromatic rings. The molecule has 1 N–H and O–H groups in total. The van der Waals surface area contributed by atoms with Crippen molar-refractivity contribution in [2.45, 2.75) is 37.4 Å². The molecule has 0 radical (unpaired) electrons. The number of nitrogens with one attached hydrogen (secondary N) is 1. The van der Waals surface area contributed by atoms with Gasteiger partial charge in [0.05, 0.1) is 0 Å². The number of ether oxygens (including phenoxy) is 1. The first-order chi connectivity index (χ1) is 12.7. The number of hydrogen-bond donors (Lipinski definition) is 1. The van der Waals surface area contributed by atoms with Crippen LogP contribution in [0.1, 0.15) is 30.0 Å². The van der Waals surface area contributed by atoms with E-state index in [4.69, 9.17) is 4.74 Å². The zero-order valence-electron chi connectivity index (χ0n) is 15.6. The van der Waals surface area contributed by atoms with E-state index < -0.39 is 32.5 Å². The summed E-state index contributed by atoms with van der Waals surface area (Å²) in [5.41, 5.74) is 4.10. The number of alkyl halides is 3. The SMILES string of the molecule is CCCOC(=O)Nc1ccc([As](C)Cc2ccc(C(F)(F)F)cc2)cc1C. The van der Waals surface area contributed by atoms with E-state index in [1.54, 1.807) is 12.1 Å². The summed E-state index contributed by atoms with van der Waals surface area (Å²) >= 11 is -1.45. The normalized spacial score (nSPS) is 12.5. The molecule has 0 heterocycles. The molecular weight excluding hydrogens is 418 g/mol. The zero-order valence-corrected chi connectivity index (χ0v) is 17.4. The Hall–Kier alpha value is -1.94. The molecule has 0 aromatic heterocycles. The van der Waals surface area contributed by atoms with E-state index in [-0.39, 0.29) is 0 Å². The van der Waals surface area contributed by atoms with Crippen LogP contribution in [-0.4, -0.2) is 27.4 Å². The van der Waals surface area contributed by atoms with Gasteiger partial charge < -0.3 is 0 Å². The van der Waals surface area contributed by atoms with Crippen LogP contribution < -0.4 is 9.67 Å². The average Bonchev–Trinajstić information content (AvgIpc) is 2.61. The number of benzene rings is 2. The van der Waals surface area contributed by atoms with Gasteiger partial charge in [-0.15, -0.1) is 0 Å². The van der Waals surface area contributed by atoms with Gasteiger partial charge in [-0.25, -0.2) is 0 Å². The molecule has 1 unspecified atom stereocenters. The third kappa shape index (κ3) is 6.31. The van der Waals surface area contributed by atoms with Gasteiger partial charge in [0.2, 0.25) is 0 Å². The molecule has 1 amide bonds. The average molecular weight is 441 g/mol. The van der Waals surface area contributed by atoms with Gasteiger partial charge in [-0.05, 0) is 0 Å². The summed E-state index contributed by atoms with van der Waals surface area (Å²) in [4.78, 5) is 11.7. The van der Waals surface area contributed by atoms with Crippen LogP contribution in [0.15, 0.2) is 42.5 Å². The van der Waals surface area contributed by atoms with Crippen molar-refractivity contribution in [1.82, 2.24) is 0 Å². The quantitative estimate of drug-likeness (QED) is 0.635. The number of aryl methyl sites for hydroxylation is 1. The standard InChI is InChI=1S/C20H23AsF3NO2/c1-4-11-27-19(26)25-18-10-9-17(12-14(18)2)21(3)13-15-5-7-16(8-6-15)20(22,23)24/h5-10,12H,4,11,13H2,1-3H3,(H,25,26). The molecule has 2 rings (SSSR count). The van der Waals surface area contributed by atoms with Crippen molar-refractivity contribution >= 4 is 30.8 Å². The summed E-state index contributed by atoms with van der Waals surface area (Å²) in [6, 6.07) is 11.3. The topological polar surface area (TPSA) is 38.3 Å². The summed E-state index contributed by atoms with van der Waals surface area (Å²) in [5.74, 6) is 0. The molecule has 0 bridgehead atoms. The fourth-order valence-electron chi connectivity index (χ4n) is 2.53. The zero-order chi connectivity index (χ0) is 20.0. The molecule has 0 spiro atoms. The van der Waals surface area contributed by atoms with Gasteiger partial charge in [0.25, 0.3) is 0 Å². The third-order valence-electron chi connectivity index (χ3n) is 4.03. The molecule has 146 valence electrons. The number of carbonyl (C=O) groups excluding carboxylic acids is 1. The minimum absolute atomic E-state index is 0.375. The van der Waals surface area contributed by atoms with Crippen LogP contribution in [0.5, 0.6) is 0 Å². The first kappa shape index (κ1) is 21.4. The first-order valence-corrected chi connectivity index (χ1v) is 12.8. The fourth-order valence-corrected chi connectivity index (χ4v) is 6.06. The number of carbonyl (C=O) groups is 1. The van der Waals surface area contributed by atoms with Crippen LogP contribution in [0.4, 0.5) is 23.7 Å². The van der Waals surface area contributed by atoms with Crippen molar-refractivity contribution in [3.8, 4) is 0 Å². The second-order valence-corrected chi connectivity index (χ2v) is 11.0. The summed E-state index contributed by atoms with van der Waals surface area (Å²) in [5, 5.41) is 3.50. The molecule has 0 aliphatic carbocycles. The molecule has 7 heteroatoms. The third-order valence-corrected chi connectivity index (χ3v) is 8.22. The van der Waals surface area contributed by atoms with Gasteiger partial charge in [0, 0.05) is 0 Å². The summed E-state index contributed by atoms with van der Waals surface area (Å²) < 4.78 is 44.2. The van der Waals surface area contributed by atoms with Gasteiger partial charge in [-0.3, -0.25) is 0 Å². The van der Waals surface area contributed by atoms with Crippen molar-refractivity contribution in [3.63, 3.8) is 0 Å². The summed E-state index contributed by atoms with van der Waals surface area (Å²) in [6.07, 6.45) is -4.01. The Morgan fingerprint density at radius 2 is 1.81 bits per heavy atom. The Bertz CT molecular complexity index is 776. The van der Waals surface area contributed by atoms with E-state index in [9.17, 15) is 18.0 Å².